The summed E-state index contributed by atoms with van der Waals surface area (Å²) in [6.07, 6.45) is 4.08. The van der Waals surface area contributed by atoms with E-state index in [1.54, 1.807) is 41.6 Å². The molecule has 0 fully saturated rings. The van der Waals surface area contributed by atoms with E-state index in [-0.39, 0.29) is 18.2 Å². The van der Waals surface area contributed by atoms with Crippen molar-refractivity contribution < 1.29 is 29.2 Å². The Morgan fingerprint density at radius 3 is 2.55 bits per heavy atom. The van der Waals surface area contributed by atoms with Gasteiger partial charge in [0.2, 0.25) is 5.91 Å². The summed E-state index contributed by atoms with van der Waals surface area (Å²) in [6.45, 7) is 0.390. The third kappa shape index (κ3) is 6.32. The first-order valence-electron chi connectivity index (χ1n) is 13.0. The summed E-state index contributed by atoms with van der Waals surface area (Å²) >= 11 is 0. The van der Waals surface area contributed by atoms with E-state index in [4.69, 9.17) is 14.8 Å². The molecule has 1 atom stereocenters. The maximum absolute atomic E-state index is 13.6. The van der Waals surface area contributed by atoms with Crippen LogP contribution in [0.25, 0.3) is 10.9 Å². The fourth-order valence-corrected chi connectivity index (χ4v) is 4.81. The zero-order chi connectivity index (χ0) is 26.9. The van der Waals surface area contributed by atoms with Crippen LogP contribution in [0.4, 0.5) is 11.4 Å². The minimum absolute atomic E-state index is 0.224. The van der Waals surface area contributed by atoms with Gasteiger partial charge >= 0.3 is 0 Å². The molecule has 0 saturated carbocycles. The molecule has 0 bridgehead atoms. The SMILES string of the molecule is COn1c2c(c3ccccc31)C(=O)Nc1ccccc1NC(=O)[C@H](CCCCCC(=O)NO)OCCCC2. The maximum atomic E-state index is 13.6. The topological polar surface area (TPSA) is 131 Å². The number of nitrogens with zero attached hydrogens (tertiary/aromatic N) is 1. The van der Waals surface area contributed by atoms with Crippen molar-refractivity contribution in [3.8, 4) is 0 Å². The molecule has 1 aromatic heterocycles. The van der Waals surface area contributed by atoms with Crippen molar-refractivity contribution in [1.29, 1.82) is 0 Å². The second kappa shape index (κ2) is 13.1. The van der Waals surface area contributed by atoms with Crippen LogP contribution in [-0.2, 0) is 20.7 Å². The van der Waals surface area contributed by atoms with Crippen molar-refractivity contribution in [2.45, 2.75) is 57.5 Å². The zero-order valence-corrected chi connectivity index (χ0v) is 21.5. The highest BCUT2D eigenvalue weighted by molar-refractivity contribution is 6.15. The van der Waals surface area contributed by atoms with E-state index in [0.29, 0.717) is 55.6 Å². The fourth-order valence-electron chi connectivity index (χ4n) is 4.81. The van der Waals surface area contributed by atoms with Crippen LogP contribution in [0.15, 0.2) is 48.5 Å². The number of ether oxygens (including phenoxy) is 1. The first kappa shape index (κ1) is 27.2. The molecule has 2 aromatic carbocycles. The molecule has 0 saturated heterocycles. The molecule has 0 spiro atoms. The minimum Gasteiger partial charge on any atom is -0.417 e. The Labute approximate surface area is 221 Å². The lowest BCUT2D eigenvalue weighted by Gasteiger charge is -2.20. The van der Waals surface area contributed by atoms with Crippen LogP contribution in [0.1, 0.15) is 61.0 Å². The quantitative estimate of drug-likeness (QED) is 0.210. The maximum Gasteiger partial charge on any atom is 0.258 e. The number of fused-ring (bicyclic) bond motifs is 4. The molecule has 10 nitrogen and oxygen atoms in total. The molecule has 202 valence electrons. The van der Waals surface area contributed by atoms with E-state index in [1.165, 1.54) is 0 Å². The summed E-state index contributed by atoms with van der Waals surface area (Å²) in [5.41, 5.74) is 4.74. The predicted octanol–water partition coefficient (Wildman–Crippen LogP) is 4.07. The normalized spacial score (nSPS) is 16.5. The van der Waals surface area contributed by atoms with E-state index in [1.807, 2.05) is 24.3 Å². The van der Waals surface area contributed by atoms with Crippen LogP contribution < -0.4 is 21.0 Å². The second-order valence-corrected chi connectivity index (χ2v) is 9.26. The van der Waals surface area contributed by atoms with Crippen molar-refractivity contribution >= 4 is 40.0 Å². The molecule has 3 amide bonds. The summed E-state index contributed by atoms with van der Waals surface area (Å²) in [7, 11) is 1.59. The average Bonchev–Trinajstić information content (AvgIpc) is 3.25. The van der Waals surface area contributed by atoms with E-state index >= 15 is 0 Å². The van der Waals surface area contributed by atoms with Gasteiger partial charge in [-0.1, -0.05) is 43.2 Å². The van der Waals surface area contributed by atoms with E-state index < -0.39 is 12.0 Å². The molecule has 0 aliphatic carbocycles. The van der Waals surface area contributed by atoms with Gasteiger partial charge in [0.15, 0.2) is 0 Å². The van der Waals surface area contributed by atoms with Crippen molar-refractivity contribution in [3.05, 3.63) is 59.8 Å². The lowest BCUT2D eigenvalue weighted by Crippen LogP contribution is -2.31. The number of unbranched alkanes of at least 4 members (excludes halogenated alkanes) is 2. The van der Waals surface area contributed by atoms with Gasteiger partial charge in [-0.25, -0.2) is 5.48 Å². The molecule has 4 N–H and O–H groups in total. The number of benzene rings is 2. The summed E-state index contributed by atoms with van der Waals surface area (Å²) in [5.74, 6) is -0.981. The van der Waals surface area contributed by atoms with Crippen molar-refractivity contribution in [2.75, 3.05) is 24.4 Å². The average molecular weight is 523 g/mol. The number of nitrogens with one attached hydrogen (secondary N) is 3. The lowest BCUT2D eigenvalue weighted by atomic mass is 10.1. The van der Waals surface area contributed by atoms with Crippen LogP contribution in [-0.4, -0.2) is 47.5 Å². The molecule has 1 aliphatic heterocycles. The highest BCUT2D eigenvalue weighted by atomic mass is 16.6. The Bertz CT molecular complexity index is 1290. The molecule has 0 radical (unpaired) electrons. The van der Waals surface area contributed by atoms with Crippen molar-refractivity contribution in [3.63, 3.8) is 0 Å². The highest BCUT2D eigenvalue weighted by Crippen LogP contribution is 2.30. The van der Waals surface area contributed by atoms with Crippen molar-refractivity contribution in [2.24, 2.45) is 0 Å². The van der Waals surface area contributed by atoms with Crippen LogP contribution in [0.5, 0.6) is 0 Å². The van der Waals surface area contributed by atoms with Crippen LogP contribution in [0.2, 0.25) is 0 Å². The van der Waals surface area contributed by atoms with Gasteiger partial charge in [-0.15, -0.1) is 0 Å². The van der Waals surface area contributed by atoms with E-state index in [0.717, 1.165) is 29.4 Å². The second-order valence-electron chi connectivity index (χ2n) is 9.26. The molecule has 0 unspecified atom stereocenters. The van der Waals surface area contributed by atoms with Gasteiger partial charge in [0, 0.05) is 18.4 Å². The van der Waals surface area contributed by atoms with E-state index in [2.05, 4.69) is 10.6 Å². The molecule has 1 aliphatic rings. The Kier molecular flexibility index (Phi) is 9.34. The molecule has 10 heteroatoms. The lowest BCUT2D eigenvalue weighted by molar-refractivity contribution is -0.129. The smallest absolute Gasteiger partial charge is 0.258 e. The molecule has 2 heterocycles. The number of aromatic nitrogens is 1. The number of amides is 3. The Balaban J connectivity index is 1.58. The molecule has 38 heavy (non-hydrogen) atoms. The Hall–Kier alpha value is -3.89. The van der Waals surface area contributed by atoms with Crippen LogP contribution in [0, 0.1) is 0 Å². The number of rotatable bonds is 7. The van der Waals surface area contributed by atoms with Gasteiger partial charge in [-0.05, 0) is 50.3 Å². The fraction of sp³-hybridized carbons (Fsp3) is 0.393. The monoisotopic (exact) mass is 522 g/mol. The summed E-state index contributed by atoms with van der Waals surface area (Å²) in [5, 5.41) is 15.3. The number of para-hydroxylation sites is 3. The van der Waals surface area contributed by atoms with Crippen LogP contribution >= 0.6 is 0 Å². The first-order valence-corrected chi connectivity index (χ1v) is 13.0. The molecule has 4 rings (SSSR count). The van der Waals surface area contributed by atoms with Crippen LogP contribution in [0.3, 0.4) is 0 Å². The highest BCUT2D eigenvalue weighted by Gasteiger charge is 2.25. The first-order chi connectivity index (χ1) is 18.5. The summed E-state index contributed by atoms with van der Waals surface area (Å²) in [6, 6.07) is 14.7. The summed E-state index contributed by atoms with van der Waals surface area (Å²) < 4.78 is 7.74. The Morgan fingerprint density at radius 2 is 1.79 bits per heavy atom. The van der Waals surface area contributed by atoms with Gasteiger partial charge in [-0.2, -0.15) is 4.73 Å². The molecular weight excluding hydrogens is 488 g/mol. The molecular formula is C28H34N4O6. The van der Waals surface area contributed by atoms with Gasteiger partial charge in [0.25, 0.3) is 11.8 Å². The third-order valence-corrected chi connectivity index (χ3v) is 6.68. The largest absolute Gasteiger partial charge is 0.417 e. The number of anilines is 2. The number of carbonyl (C=O) groups is 3. The zero-order valence-electron chi connectivity index (χ0n) is 21.5. The van der Waals surface area contributed by atoms with Gasteiger partial charge in [0.05, 0.1) is 28.1 Å². The number of carbonyl (C=O) groups excluding carboxylic acids is 3. The number of hydrogen-bond donors (Lipinski definition) is 4. The van der Waals surface area contributed by atoms with E-state index in [9.17, 15) is 14.4 Å². The minimum atomic E-state index is -0.672. The third-order valence-electron chi connectivity index (χ3n) is 6.68. The van der Waals surface area contributed by atoms with Gasteiger partial charge < -0.3 is 20.2 Å². The molecule has 3 aromatic rings. The van der Waals surface area contributed by atoms with Gasteiger partial charge in [0.1, 0.15) is 13.2 Å². The van der Waals surface area contributed by atoms with Gasteiger partial charge in [-0.3, -0.25) is 19.6 Å². The Morgan fingerprint density at radius 1 is 1.05 bits per heavy atom. The predicted molar refractivity (Wildman–Crippen MR) is 143 cm³/mol. The summed E-state index contributed by atoms with van der Waals surface area (Å²) in [4.78, 5) is 43.7. The standard InChI is InChI=1S/C28H34N4O6/c1-37-32-22-14-8-5-11-19(22)26-23(32)15-9-10-18-38-24(16-3-2-4-17-25(33)31-36)27(34)29-20-12-6-7-13-21(20)30-28(26)35/h5-8,11-14,24,36H,2-4,9-10,15-18H2,1H3,(H,29,34)(H,30,35)(H,31,33)/t24-/m0/s1. The van der Waals surface area contributed by atoms with Crippen molar-refractivity contribution in [1.82, 2.24) is 10.2 Å². The number of hydrogen-bond acceptors (Lipinski definition) is 6. The number of hydroxylamine groups is 1.